The van der Waals surface area contributed by atoms with E-state index in [1.807, 2.05) is 30.3 Å². The van der Waals surface area contributed by atoms with Crippen molar-refractivity contribution >= 4 is 12.1 Å². The third kappa shape index (κ3) is 4.92. The van der Waals surface area contributed by atoms with Crippen LogP contribution < -0.4 is 4.90 Å². The Hall–Kier alpha value is -2.08. The van der Waals surface area contributed by atoms with Crippen molar-refractivity contribution in [3.8, 4) is 0 Å². The van der Waals surface area contributed by atoms with Gasteiger partial charge in [0.15, 0.2) is 0 Å². The zero-order valence-electron chi connectivity index (χ0n) is 17.2. The summed E-state index contributed by atoms with van der Waals surface area (Å²) in [6.45, 7) is 3.80. The molecule has 0 spiro atoms. The molecule has 1 aromatic rings. The van der Waals surface area contributed by atoms with E-state index >= 15 is 0 Å². The molecule has 1 aromatic carbocycles. The molecular weight excluding hydrogens is 368 g/mol. The summed E-state index contributed by atoms with van der Waals surface area (Å²) in [6, 6.07) is 9.74. The van der Waals surface area contributed by atoms with Crippen molar-refractivity contribution in [1.29, 1.82) is 0 Å². The van der Waals surface area contributed by atoms with Gasteiger partial charge in [-0.2, -0.15) is 0 Å². The number of amides is 1. The van der Waals surface area contributed by atoms with Crippen molar-refractivity contribution in [2.45, 2.75) is 63.6 Å². The van der Waals surface area contributed by atoms with E-state index in [9.17, 15) is 9.59 Å². The van der Waals surface area contributed by atoms with E-state index < -0.39 is 12.1 Å². The van der Waals surface area contributed by atoms with Crippen molar-refractivity contribution in [3.63, 3.8) is 0 Å². The maximum atomic E-state index is 12.8. The van der Waals surface area contributed by atoms with Gasteiger partial charge in [0, 0.05) is 12.5 Å². The van der Waals surface area contributed by atoms with Crippen LogP contribution >= 0.6 is 0 Å². The highest BCUT2D eigenvalue weighted by molar-refractivity contribution is 5.82. The summed E-state index contributed by atoms with van der Waals surface area (Å²) in [5, 5.41) is 0. The lowest BCUT2D eigenvalue weighted by molar-refractivity contribution is -0.940. The molecule has 6 heteroatoms. The summed E-state index contributed by atoms with van der Waals surface area (Å²) in [7, 11) is 0. The number of quaternary nitrogens is 1. The number of esters is 1. The normalized spacial score (nSPS) is 29.2. The number of hydrogen-bond donors (Lipinski definition) is 1. The number of carbonyl (C=O) groups is 2. The van der Waals surface area contributed by atoms with Gasteiger partial charge in [-0.3, -0.25) is 4.90 Å². The first-order valence-corrected chi connectivity index (χ1v) is 11.2. The Morgan fingerprint density at radius 2 is 1.79 bits per heavy atom. The van der Waals surface area contributed by atoms with Crippen LogP contribution in [-0.4, -0.2) is 55.3 Å². The fourth-order valence-electron chi connectivity index (χ4n) is 5.30. The molecule has 3 aliphatic rings. The van der Waals surface area contributed by atoms with E-state index in [2.05, 4.69) is 0 Å². The highest BCUT2D eigenvalue weighted by atomic mass is 16.6. The minimum Gasteiger partial charge on any atom is -0.464 e. The Labute approximate surface area is 173 Å². The topological polar surface area (TPSA) is 60.3 Å². The molecule has 158 valence electrons. The lowest BCUT2D eigenvalue weighted by Crippen LogP contribution is -3.18. The fourth-order valence-corrected chi connectivity index (χ4v) is 5.30. The van der Waals surface area contributed by atoms with Gasteiger partial charge in [0.05, 0.1) is 25.7 Å². The molecule has 0 aliphatic carbocycles. The van der Waals surface area contributed by atoms with Gasteiger partial charge in [0.25, 0.3) is 0 Å². The summed E-state index contributed by atoms with van der Waals surface area (Å²) >= 11 is 0. The van der Waals surface area contributed by atoms with Crippen LogP contribution in [0.1, 0.15) is 50.5 Å². The summed E-state index contributed by atoms with van der Waals surface area (Å²) in [5.41, 5.74) is 0.941. The van der Waals surface area contributed by atoms with Gasteiger partial charge in [-0.25, -0.2) is 9.59 Å². The molecule has 6 nitrogen and oxygen atoms in total. The van der Waals surface area contributed by atoms with E-state index in [1.54, 1.807) is 9.80 Å². The first-order chi connectivity index (χ1) is 14.2. The molecule has 3 heterocycles. The van der Waals surface area contributed by atoms with Crippen LogP contribution in [0.15, 0.2) is 30.3 Å². The van der Waals surface area contributed by atoms with E-state index in [0.29, 0.717) is 31.5 Å². The third-order valence-electron chi connectivity index (χ3n) is 6.83. The summed E-state index contributed by atoms with van der Waals surface area (Å²) < 4.78 is 11.2. The van der Waals surface area contributed by atoms with Crippen molar-refractivity contribution in [3.05, 3.63) is 35.9 Å². The molecule has 0 saturated carbocycles. The second kappa shape index (κ2) is 9.61. The smallest absolute Gasteiger partial charge is 0.410 e. The number of ether oxygens (including phenoxy) is 2. The number of fused-ring (bicyclic) bond motifs is 1. The zero-order chi connectivity index (χ0) is 20.1. The van der Waals surface area contributed by atoms with Crippen molar-refractivity contribution in [2.24, 2.45) is 5.92 Å². The Balaban J connectivity index is 1.27. The van der Waals surface area contributed by atoms with Crippen LogP contribution in [0, 0.1) is 5.92 Å². The minimum absolute atomic E-state index is 0.223. The van der Waals surface area contributed by atoms with Crippen molar-refractivity contribution in [1.82, 2.24) is 4.90 Å². The first kappa shape index (κ1) is 20.2. The van der Waals surface area contributed by atoms with Gasteiger partial charge in [-0.1, -0.05) is 30.3 Å². The van der Waals surface area contributed by atoms with Crippen LogP contribution in [0.2, 0.25) is 0 Å². The molecule has 4 atom stereocenters. The highest BCUT2D eigenvalue weighted by Crippen LogP contribution is 2.23. The number of rotatable bonds is 5. The van der Waals surface area contributed by atoms with E-state index in [-0.39, 0.29) is 12.6 Å². The number of piperidine rings is 2. The van der Waals surface area contributed by atoms with Crippen LogP contribution in [0.25, 0.3) is 0 Å². The Bertz CT molecular complexity index is 693. The van der Waals surface area contributed by atoms with Crippen LogP contribution in [0.3, 0.4) is 0 Å². The number of carbonyl (C=O) groups excluding carboxylic acids is 2. The Kier molecular flexibility index (Phi) is 6.70. The molecule has 1 N–H and O–H groups in total. The number of benzene rings is 1. The molecular formula is C23H33N2O4+. The summed E-state index contributed by atoms with van der Waals surface area (Å²) in [4.78, 5) is 28.5. The number of nitrogens with zero attached hydrogens (tertiary/aromatic N) is 1. The largest absolute Gasteiger partial charge is 0.464 e. The highest BCUT2D eigenvalue weighted by Gasteiger charge is 2.39. The minimum atomic E-state index is -0.503. The van der Waals surface area contributed by atoms with Gasteiger partial charge in [0.1, 0.15) is 12.6 Å². The Morgan fingerprint density at radius 1 is 0.966 bits per heavy atom. The number of nitrogens with one attached hydrogen (secondary N) is 1. The SMILES string of the molecule is O=C(OC[C@@H]1CCC[NH+]2CCCC[C@@H]12)[C@@H]1CCCN1C(=O)OCc1ccccc1. The van der Waals surface area contributed by atoms with Crippen LogP contribution in [-0.2, 0) is 20.9 Å². The average Bonchev–Trinajstić information content (AvgIpc) is 3.27. The zero-order valence-corrected chi connectivity index (χ0v) is 17.2. The molecule has 0 bridgehead atoms. The molecule has 0 radical (unpaired) electrons. The fraction of sp³-hybridized carbons (Fsp3) is 0.652. The van der Waals surface area contributed by atoms with E-state index in [0.717, 1.165) is 18.4 Å². The number of hydrogen-bond acceptors (Lipinski definition) is 4. The summed E-state index contributed by atoms with van der Waals surface area (Å²) in [6.07, 6.45) is 7.27. The lowest BCUT2D eigenvalue weighted by Gasteiger charge is -2.41. The maximum absolute atomic E-state index is 12.8. The molecule has 3 fully saturated rings. The Morgan fingerprint density at radius 3 is 2.66 bits per heavy atom. The molecule has 0 aromatic heterocycles. The van der Waals surface area contributed by atoms with E-state index in [4.69, 9.17) is 9.47 Å². The first-order valence-electron chi connectivity index (χ1n) is 11.2. The molecule has 3 aliphatic heterocycles. The van der Waals surface area contributed by atoms with Crippen LogP contribution in [0.5, 0.6) is 0 Å². The van der Waals surface area contributed by atoms with Gasteiger partial charge >= 0.3 is 12.1 Å². The van der Waals surface area contributed by atoms with Gasteiger partial charge in [-0.15, -0.1) is 0 Å². The van der Waals surface area contributed by atoms with Gasteiger partial charge in [0.2, 0.25) is 0 Å². The maximum Gasteiger partial charge on any atom is 0.410 e. The molecule has 4 rings (SSSR count). The van der Waals surface area contributed by atoms with Gasteiger partial charge < -0.3 is 14.4 Å². The summed E-state index contributed by atoms with van der Waals surface area (Å²) in [5.74, 6) is 0.199. The standard InChI is InChI=1S/C23H32N2O4/c26-22(28-17-19-10-6-14-24-13-5-4-11-20(19)24)21-12-7-15-25(21)23(27)29-16-18-8-2-1-3-9-18/h1-3,8-9,19-21H,4-7,10-17H2/p+1/t19-,20-,21-/m0/s1. The molecule has 29 heavy (non-hydrogen) atoms. The average molecular weight is 402 g/mol. The molecule has 1 amide bonds. The lowest BCUT2D eigenvalue weighted by atomic mass is 9.84. The van der Waals surface area contributed by atoms with E-state index in [1.165, 1.54) is 38.8 Å². The monoisotopic (exact) mass is 401 g/mol. The molecule has 3 saturated heterocycles. The molecule has 1 unspecified atom stereocenters. The quantitative estimate of drug-likeness (QED) is 0.769. The predicted octanol–water partition coefficient (Wildman–Crippen LogP) is 2.18. The van der Waals surface area contributed by atoms with Crippen molar-refractivity contribution in [2.75, 3.05) is 26.2 Å². The number of likely N-dealkylation sites (tertiary alicyclic amines) is 1. The second-order valence-corrected chi connectivity index (χ2v) is 8.68. The van der Waals surface area contributed by atoms with Crippen molar-refractivity contribution < 1.29 is 24.0 Å². The third-order valence-corrected chi connectivity index (χ3v) is 6.83. The van der Waals surface area contributed by atoms with Gasteiger partial charge in [-0.05, 0) is 50.5 Å². The second-order valence-electron chi connectivity index (χ2n) is 8.68. The predicted molar refractivity (Wildman–Crippen MR) is 108 cm³/mol. The van der Waals surface area contributed by atoms with Crippen LogP contribution in [0.4, 0.5) is 4.79 Å².